The van der Waals surface area contributed by atoms with E-state index in [1.165, 1.54) is 19.2 Å². The Kier molecular flexibility index (Phi) is 8.05. The number of hydrogen-bond donors (Lipinski definition) is 2. The molecule has 32 heavy (non-hydrogen) atoms. The minimum Gasteiger partial charge on any atom is -0.494 e. The van der Waals surface area contributed by atoms with Gasteiger partial charge in [-0.2, -0.15) is 0 Å². The highest BCUT2D eigenvalue weighted by Gasteiger charge is 2.20. The van der Waals surface area contributed by atoms with Gasteiger partial charge in [0.05, 0.1) is 27.9 Å². The van der Waals surface area contributed by atoms with Gasteiger partial charge in [-0.05, 0) is 42.5 Å². The van der Waals surface area contributed by atoms with E-state index < -0.39 is 5.91 Å². The molecule has 0 bridgehead atoms. The highest BCUT2D eigenvalue weighted by atomic mass is 35.5. The van der Waals surface area contributed by atoms with E-state index in [1.54, 1.807) is 13.0 Å². The van der Waals surface area contributed by atoms with Gasteiger partial charge < -0.3 is 19.9 Å². The van der Waals surface area contributed by atoms with Gasteiger partial charge in [-0.15, -0.1) is 0 Å². The van der Waals surface area contributed by atoms with E-state index in [4.69, 9.17) is 51.8 Å². The van der Waals surface area contributed by atoms with Gasteiger partial charge in [0.1, 0.15) is 0 Å². The zero-order valence-corrected chi connectivity index (χ0v) is 20.5. The molecule has 0 atom stereocenters. The predicted molar refractivity (Wildman–Crippen MR) is 133 cm³/mol. The number of piperazine rings is 1. The number of benzene rings is 2. The van der Waals surface area contributed by atoms with Crippen LogP contribution in [0.15, 0.2) is 30.3 Å². The molecule has 0 unspecified atom stereocenters. The molecule has 1 fully saturated rings. The van der Waals surface area contributed by atoms with Crippen LogP contribution in [0.1, 0.15) is 17.3 Å². The van der Waals surface area contributed by atoms with Crippen molar-refractivity contribution in [2.75, 3.05) is 43.5 Å². The van der Waals surface area contributed by atoms with Crippen LogP contribution in [0.25, 0.3) is 0 Å². The molecule has 2 aromatic carbocycles. The minimum absolute atomic E-state index is 0.0741. The molecule has 1 heterocycles. The first kappa shape index (κ1) is 24.4. The lowest BCUT2D eigenvalue weighted by Gasteiger charge is -2.36. The van der Waals surface area contributed by atoms with Crippen molar-refractivity contribution < 1.29 is 14.3 Å². The van der Waals surface area contributed by atoms with Crippen LogP contribution >= 0.6 is 47.0 Å². The summed E-state index contributed by atoms with van der Waals surface area (Å²) in [6, 6.07) is 8.32. The summed E-state index contributed by atoms with van der Waals surface area (Å²) in [6.45, 7) is 4.28. The van der Waals surface area contributed by atoms with Crippen LogP contribution < -0.4 is 20.3 Å². The van der Waals surface area contributed by atoms with Gasteiger partial charge in [0.25, 0.3) is 5.91 Å². The predicted octanol–water partition coefficient (Wildman–Crippen LogP) is 4.45. The first-order valence-electron chi connectivity index (χ1n) is 9.65. The maximum Gasteiger partial charge on any atom is 0.257 e. The van der Waals surface area contributed by atoms with E-state index in [0.29, 0.717) is 42.6 Å². The third kappa shape index (κ3) is 5.75. The van der Waals surface area contributed by atoms with E-state index in [-0.39, 0.29) is 26.6 Å². The number of thiocarbonyl (C=S) groups is 1. The highest BCUT2D eigenvalue weighted by molar-refractivity contribution is 7.80. The number of ether oxygens (including phenoxy) is 1. The standard InChI is InChI=1S/C21H21Cl3N4O3S/c1-12(29)27-5-7-28(8-6-27)18-4-3-14(11-15(18)22)25-21(32)26-20(30)13-9-16(23)19(31-2)17(24)10-13/h3-4,9-11H,5-8H2,1-2H3,(H2,25,26,30,32). The molecule has 0 radical (unpaired) electrons. The summed E-state index contributed by atoms with van der Waals surface area (Å²) >= 11 is 23.9. The highest BCUT2D eigenvalue weighted by Crippen LogP contribution is 2.34. The summed E-state index contributed by atoms with van der Waals surface area (Å²) in [6.07, 6.45) is 0. The van der Waals surface area contributed by atoms with Crippen molar-refractivity contribution in [1.29, 1.82) is 0 Å². The average Bonchev–Trinajstić information content (AvgIpc) is 2.73. The van der Waals surface area contributed by atoms with E-state index >= 15 is 0 Å². The summed E-state index contributed by atoms with van der Waals surface area (Å²) in [5.41, 5.74) is 1.73. The molecule has 11 heteroatoms. The van der Waals surface area contributed by atoms with Crippen molar-refractivity contribution in [3.8, 4) is 5.75 Å². The Labute approximate surface area is 206 Å². The summed E-state index contributed by atoms with van der Waals surface area (Å²) in [5.74, 6) is -0.104. The largest absolute Gasteiger partial charge is 0.494 e. The molecule has 7 nitrogen and oxygen atoms in total. The van der Waals surface area contributed by atoms with Gasteiger partial charge in [0.15, 0.2) is 10.9 Å². The van der Waals surface area contributed by atoms with Gasteiger partial charge in [0.2, 0.25) is 5.91 Å². The normalized spacial score (nSPS) is 13.5. The van der Waals surface area contributed by atoms with Crippen molar-refractivity contribution in [2.24, 2.45) is 0 Å². The minimum atomic E-state index is -0.472. The molecule has 0 spiro atoms. The lowest BCUT2D eigenvalue weighted by atomic mass is 10.2. The molecular weight excluding hydrogens is 495 g/mol. The number of halogens is 3. The second kappa shape index (κ2) is 10.6. The summed E-state index contributed by atoms with van der Waals surface area (Å²) in [5, 5.41) is 6.59. The molecule has 2 aromatic rings. The Bertz CT molecular complexity index is 1040. The van der Waals surface area contributed by atoms with E-state index in [0.717, 1.165) is 5.69 Å². The Balaban J connectivity index is 1.61. The molecule has 2 N–H and O–H groups in total. The summed E-state index contributed by atoms with van der Waals surface area (Å²) < 4.78 is 5.08. The molecule has 1 saturated heterocycles. The van der Waals surface area contributed by atoms with Crippen LogP contribution in [-0.2, 0) is 4.79 Å². The lowest BCUT2D eigenvalue weighted by Crippen LogP contribution is -2.48. The number of rotatable bonds is 4. The zero-order chi connectivity index (χ0) is 23.4. The number of hydrogen-bond acceptors (Lipinski definition) is 5. The molecular formula is C21H21Cl3N4O3S. The Morgan fingerprint density at radius 3 is 2.16 bits per heavy atom. The molecule has 2 amide bonds. The Morgan fingerprint density at radius 1 is 1.00 bits per heavy atom. The summed E-state index contributed by atoms with van der Waals surface area (Å²) in [7, 11) is 1.44. The van der Waals surface area contributed by atoms with Crippen LogP contribution in [0.3, 0.4) is 0 Å². The monoisotopic (exact) mass is 514 g/mol. The number of anilines is 2. The zero-order valence-electron chi connectivity index (χ0n) is 17.4. The van der Waals surface area contributed by atoms with E-state index in [9.17, 15) is 9.59 Å². The maximum absolute atomic E-state index is 12.5. The van der Waals surface area contributed by atoms with Gasteiger partial charge in [-0.25, -0.2) is 0 Å². The molecule has 170 valence electrons. The summed E-state index contributed by atoms with van der Waals surface area (Å²) in [4.78, 5) is 27.9. The SMILES string of the molecule is COc1c(Cl)cc(C(=O)NC(=S)Nc2ccc(N3CCN(C(C)=O)CC3)c(Cl)c2)cc1Cl. The average molecular weight is 516 g/mol. The molecule has 1 aliphatic heterocycles. The van der Waals surface area contributed by atoms with Crippen LogP contribution in [0.2, 0.25) is 15.1 Å². The number of methoxy groups -OCH3 is 1. The fourth-order valence-corrected chi connectivity index (χ4v) is 4.48. The first-order chi connectivity index (χ1) is 15.2. The van der Waals surface area contributed by atoms with Crippen LogP contribution in [-0.4, -0.2) is 55.1 Å². The topological polar surface area (TPSA) is 73.9 Å². The molecule has 1 aliphatic rings. The van der Waals surface area contributed by atoms with Crippen molar-refractivity contribution in [3.05, 3.63) is 51.0 Å². The smallest absolute Gasteiger partial charge is 0.257 e. The van der Waals surface area contributed by atoms with Gasteiger partial charge >= 0.3 is 0 Å². The quantitative estimate of drug-likeness (QED) is 0.586. The van der Waals surface area contributed by atoms with Gasteiger partial charge in [-0.1, -0.05) is 34.8 Å². The fraction of sp³-hybridized carbons (Fsp3) is 0.286. The number of carbonyl (C=O) groups excluding carboxylic acids is 2. The lowest BCUT2D eigenvalue weighted by molar-refractivity contribution is -0.129. The van der Waals surface area contributed by atoms with E-state index in [2.05, 4.69) is 15.5 Å². The molecule has 0 saturated carbocycles. The molecule has 0 aliphatic carbocycles. The second-order valence-corrected chi connectivity index (χ2v) is 8.67. The van der Waals surface area contributed by atoms with E-state index in [1.807, 2.05) is 17.0 Å². The molecule has 3 rings (SSSR count). The van der Waals surface area contributed by atoms with Crippen molar-refractivity contribution in [3.63, 3.8) is 0 Å². The first-order valence-corrected chi connectivity index (χ1v) is 11.2. The number of amides is 2. The number of carbonyl (C=O) groups is 2. The third-order valence-corrected chi connectivity index (χ3v) is 6.03. The van der Waals surface area contributed by atoms with Crippen molar-refractivity contribution >= 4 is 75.3 Å². The van der Waals surface area contributed by atoms with Gasteiger partial charge in [-0.3, -0.25) is 14.9 Å². The maximum atomic E-state index is 12.5. The van der Waals surface area contributed by atoms with Crippen LogP contribution in [0.4, 0.5) is 11.4 Å². The van der Waals surface area contributed by atoms with Crippen molar-refractivity contribution in [1.82, 2.24) is 10.2 Å². The Hall–Kier alpha value is -2.26. The Morgan fingerprint density at radius 2 is 1.62 bits per heavy atom. The second-order valence-electron chi connectivity index (χ2n) is 7.04. The van der Waals surface area contributed by atoms with Crippen LogP contribution in [0.5, 0.6) is 5.75 Å². The van der Waals surface area contributed by atoms with Crippen molar-refractivity contribution in [2.45, 2.75) is 6.92 Å². The molecule has 0 aromatic heterocycles. The van der Waals surface area contributed by atoms with Crippen LogP contribution in [0, 0.1) is 0 Å². The number of nitrogens with one attached hydrogen (secondary N) is 2. The fourth-order valence-electron chi connectivity index (χ4n) is 3.33. The number of nitrogens with zero attached hydrogens (tertiary/aromatic N) is 2. The van der Waals surface area contributed by atoms with Gasteiger partial charge in [0, 0.05) is 44.4 Å². The third-order valence-electron chi connectivity index (χ3n) is 4.96.